The number of hydrogen-bond acceptors (Lipinski definition) is 5. The lowest BCUT2D eigenvalue weighted by atomic mass is 10.0. The Hall–Kier alpha value is -3.00. The van der Waals surface area contributed by atoms with Crippen LogP contribution in [0.15, 0.2) is 30.6 Å². The van der Waals surface area contributed by atoms with Gasteiger partial charge in [-0.3, -0.25) is 9.48 Å². The molecule has 8 nitrogen and oxygen atoms in total. The lowest BCUT2D eigenvalue weighted by Crippen LogP contribution is -2.36. The minimum absolute atomic E-state index is 0.0616. The maximum atomic E-state index is 13.1. The lowest BCUT2D eigenvalue weighted by molar-refractivity contribution is 0.0731. The molecule has 0 bridgehead atoms. The summed E-state index contributed by atoms with van der Waals surface area (Å²) < 4.78 is 3.60. The summed E-state index contributed by atoms with van der Waals surface area (Å²) >= 11 is 0. The molecule has 3 aromatic rings. The third-order valence-electron chi connectivity index (χ3n) is 5.06. The van der Waals surface area contributed by atoms with Crippen LogP contribution in [0.3, 0.4) is 0 Å². The third-order valence-corrected chi connectivity index (χ3v) is 5.06. The van der Waals surface area contributed by atoms with Gasteiger partial charge in [-0.2, -0.15) is 10.2 Å². The third kappa shape index (κ3) is 2.91. The summed E-state index contributed by atoms with van der Waals surface area (Å²) in [6, 6.07) is 5.59. The Morgan fingerprint density at radius 3 is 2.89 bits per heavy atom. The van der Waals surface area contributed by atoms with Crippen LogP contribution in [0.1, 0.15) is 39.9 Å². The first-order chi connectivity index (χ1) is 13.1. The number of hydrogen-bond donors (Lipinski definition) is 1. The summed E-state index contributed by atoms with van der Waals surface area (Å²) in [6.45, 7) is 5.62. The van der Waals surface area contributed by atoms with Crippen molar-refractivity contribution in [3.8, 4) is 5.82 Å². The maximum absolute atomic E-state index is 13.1. The molecule has 1 N–H and O–H groups in total. The number of carbonyl (C=O) groups excluding carboxylic acids is 1. The number of pyridine rings is 1. The van der Waals surface area contributed by atoms with Gasteiger partial charge in [0, 0.05) is 43.5 Å². The predicted octanol–water partition coefficient (Wildman–Crippen LogP) is 1.48. The van der Waals surface area contributed by atoms with Gasteiger partial charge in [0.05, 0.1) is 29.8 Å². The predicted molar refractivity (Wildman–Crippen MR) is 98.4 cm³/mol. The van der Waals surface area contributed by atoms with Crippen LogP contribution in [0.2, 0.25) is 0 Å². The molecule has 0 atom stereocenters. The normalized spacial score (nSPS) is 13.7. The monoisotopic (exact) mass is 366 g/mol. The first kappa shape index (κ1) is 17.4. The highest BCUT2D eigenvalue weighted by atomic mass is 16.3. The smallest absolute Gasteiger partial charge is 0.257 e. The van der Waals surface area contributed by atoms with Gasteiger partial charge in [-0.25, -0.2) is 9.67 Å². The van der Waals surface area contributed by atoms with E-state index in [4.69, 9.17) is 0 Å². The number of carbonyl (C=O) groups is 1. The molecule has 0 aliphatic carbocycles. The number of aryl methyl sites for hydroxylation is 1. The molecule has 140 valence electrons. The fourth-order valence-corrected chi connectivity index (χ4v) is 3.62. The molecule has 0 saturated heterocycles. The topological polar surface area (TPSA) is 89.1 Å². The average molecular weight is 366 g/mol. The molecule has 1 aliphatic heterocycles. The minimum atomic E-state index is -0.117. The number of amides is 1. The van der Waals surface area contributed by atoms with E-state index in [-0.39, 0.29) is 12.5 Å². The molecule has 0 fully saturated rings. The Morgan fingerprint density at radius 1 is 1.33 bits per heavy atom. The average Bonchev–Trinajstić information content (AvgIpc) is 3.27. The molecule has 1 amide bonds. The molecular formula is C19H22N6O2. The SMILES string of the molecule is CCn1nc(CO)c2c1CCN(C(=O)c1cnn(-c3ccccn3)c1C)C2. The summed E-state index contributed by atoms with van der Waals surface area (Å²) in [5, 5.41) is 18.4. The second kappa shape index (κ2) is 6.96. The first-order valence-corrected chi connectivity index (χ1v) is 9.07. The van der Waals surface area contributed by atoms with E-state index in [1.54, 1.807) is 22.0 Å². The number of aliphatic hydroxyl groups excluding tert-OH is 1. The first-order valence-electron chi connectivity index (χ1n) is 9.07. The highest BCUT2D eigenvalue weighted by molar-refractivity contribution is 5.95. The lowest BCUT2D eigenvalue weighted by Gasteiger charge is -2.27. The van der Waals surface area contributed by atoms with Crippen molar-refractivity contribution in [2.75, 3.05) is 6.54 Å². The molecule has 0 spiro atoms. The highest BCUT2D eigenvalue weighted by Gasteiger charge is 2.29. The Kier molecular flexibility index (Phi) is 4.49. The van der Waals surface area contributed by atoms with E-state index < -0.39 is 0 Å². The largest absolute Gasteiger partial charge is 0.390 e. The summed E-state index contributed by atoms with van der Waals surface area (Å²) in [4.78, 5) is 19.2. The highest BCUT2D eigenvalue weighted by Crippen LogP contribution is 2.25. The molecule has 1 aliphatic rings. The molecule has 4 rings (SSSR count). The van der Waals surface area contributed by atoms with E-state index in [2.05, 4.69) is 15.2 Å². The van der Waals surface area contributed by atoms with Crippen molar-refractivity contribution in [1.82, 2.24) is 29.4 Å². The van der Waals surface area contributed by atoms with Crippen molar-refractivity contribution in [3.05, 3.63) is 58.8 Å². The van der Waals surface area contributed by atoms with Crippen molar-refractivity contribution >= 4 is 5.91 Å². The molecule has 0 radical (unpaired) electrons. The van der Waals surface area contributed by atoms with Crippen molar-refractivity contribution in [2.45, 2.75) is 40.0 Å². The van der Waals surface area contributed by atoms with Crippen LogP contribution in [-0.2, 0) is 26.1 Å². The van der Waals surface area contributed by atoms with E-state index in [0.717, 1.165) is 29.9 Å². The quantitative estimate of drug-likeness (QED) is 0.756. The Morgan fingerprint density at radius 2 is 2.19 bits per heavy atom. The van der Waals surface area contributed by atoms with E-state index in [9.17, 15) is 9.90 Å². The van der Waals surface area contributed by atoms with Gasteiger partial charge < -0.3 is 10.0 Å². The molecular weight excluding hydrogens is 344 g/mol. The van der Waals surface area contributed by atoms with Gasteiger partial charge in [0.25, 0.3) is 5.91 Å². The zero-order valence-electron chi connectivity index (χ0n) is 15.5. The van der Waals surface area contributed by atoms with Crippen molar-refractivity contribution in [3.63, 3.8) is 0 Å². The van der Waals surface area contributed by atoms with E-state index in [1.807, 2.05) is 36.7 Å². The standard InChI is InChI=1S/C19H22N6O2/c1-3-24-17-7-9-23(11-15(17)16(12-26)22-24)19(27)14-10-21-25(13(14)2)18-6-4-5-8-20-18/h4-6,8,10,26H,3,7,9,11-12H2,1-2H3. The van der Waals surface area contributed by atoms with Crippen LogP contribution in [0.4, 0.5) is 0 Å². The number of fused-ring (bicyclic) bond motifs is 1. The van der Waals surface area contributed by atoms with Crippen LogP contribution in [-0.4, -0.2) is 47.0 Å². The summed E-state index contributed by atoms with van der Waals surface area (Å²) in [5.74, 6) is 0.621. The van der Waals surface area contributed by atoms with Gasteiger partial charge in [-0.15, -0.1) is 0 Å². The number of aliphatic hydroxyl groups is 1. The Labute approximate surface area is 157 Å². The van der Waals surface area contributed by atoms with Gasteiger partial charge in [0.2, 0.25) is 0 Å². The zero-order valence-corrected chi connectivity index (χ0v) is 15.5. The van der Waals surface area contributed by atoms with Crippen LogP contribution < -0.4 is 0 Å². The van der Waals surface area contributed by atoms with Gasteiger partial charge in [-0.1, -0.05) is 6.07 Å². The van der Waals surface area contributed by atoms with Crippen molar-refractivity contribution in [1.29, 1.82) is 0 Å². The zero-order chi connectivity index (χ0) is 19.0. The molecule has 27 heavy (non-hydrogen) atoms. The second-order valence-corrected chi connectivity index (χ2v) is 6.57. The molecule has 3 aromatic heterocycles. The Balaban J connectivity index is 1.62. The summed E-state index contributed by atoms with van der Waals surface area (Å²) in [6.07, 6.45) is 4.03. The van der Waals surface area contributed by atoms with E-state index >= 15 is 0 Å². The molecule has 4 heterocycles. The van der Waals surface area contributed by atoms with Crippen molar-refractivity contribution in [2.24, 2.45) is 0 Å². The van der Waals surface area contributed by atoms with Crippen LogP contribution in [0.5, 0.6) is 0 Å². The van der Waals surface area contributed by atoms with Crippen LogP contribution in [0.25, 0.3) is 5.82 Å². The van der Waals surface area contributed by atoms with Gasteiger partial charge in [-0.05, 0) is 26.0 Å². The minimum Gasteiger partial charge on any atom is -0.390 e. The van der Waals surface area contributed by atoms with Crippen LogP contribution in [0, 0.1) is 6.92 Å². The van der Waals surface area contributed by atoms with Crippen molar-refractivity contribution < 1.29 is 9.90 Å². The maximum Gasteiger partial charge on any atom is 0.257 e. The van der Waals surface area contributed by atoms with Gasteiger partial charge in [0.1, 0.15) is 0 Å². The number of aromatic nitrogens is 5. The summed E-state index contributed by atoms with van der Waals surface area (Å²) in [7, 11) is 0. The Bertz CT molecular complexity index is 976. The fourth-order valence-electron chi connectivity index (χ4n) is 3.62. The fraction of sp³-hybridized carbons (Fsp3) is 0.368. The molecule has 0 unspecified atom stereocenters. The van der Waals surface area contributed by atoms with Gasteiger partial charge >= 0.3 is 0 Å². The second-order valence-electron chi connectivity index (χ2n) is 6.57. The van der Waals surface area contributed by atoms with Gasteiger partial charge in [0.15, 0.2) is 5.82 Å². The summed E-state index contributed by atoms with van der Waals surface area (Å²) in [5.41, 5.74) is 4.07. The van der Waals surface area contributed by atoms with Crippen LogP contribution >= 0.6 is 0 Å². The molecule has 0 saturated carbocycles. The molecule has 0 aromatic carbocycles. The number of rotatable bonds is 4. The van der Waals surface area contributed by atoms with E-state index in [0.29, 0.717) is 30.2 Å². The van der Waals surface area contributed by atoms with E-state index in [1.165, 1.54) is 0 Å². The number of nitrogens with zero attached hydrogens (tertiary/aromatic N) is 6. The molecule has 8 heteroatoms.